The summed E-state index contributed by atoms with van der Waals surface area (Å²) in [5.74, 6) is -1.70. The van der Waals surface area contributed by atoms with Gasteiger partial charge >= 0.3 is 12.0 Å². The Morgan fingerprint density at radius 2 is 1.85 bits per heavy atom. The highest BCUT2D eigenvalue weighted by Crippen LogP contribution is 2.28. The van der Waals surface area contributed by atoms with E-state index in [1.807, 2.05) is 0 Å². The molecule has 1 aromatic carbocycles. The Hall–Kier alpha value is -2.94. The highest BCUT2D eigenvalue weighted by atomic mass is 16.5. The Bertz CT molecular complexity index is 747. The molecule has 1 atom stereocenters. The van der Waals surface area contributed by atoms with E-state index in [-0.39, 0.29) is 5.91 Å². The van der Waals surface area contributed by atoms with Gasteiger partial charge in [0.2, 0.25) is 0 Å². The van der Waals surface area contributed by atoms with Crippen molar-refractivity contribution in [1.29, 1.82) is 0 Å². The lowest BCUT2D eigenvalue weighted by Crippen LogP contribution is -2.44. The predicted octanol–water partition coefficient (Wildman–Crippen LogP) is -0.144. The van der Waals surface area contributed by atoms with Crippen molar-refractivity contribution in [3.8, 4) is 0 Å². The molecule has 0 aliphatic carbocycles. The lowest BCUT2D eigenvalue weighted by atomic mass is 9.92. The minimum absolute atomic E-state index is 0.335. The van der Waals surface area contributed by atoms with Gasteiger partial charge in [0.15, 0.2) is 6.61 Å². The molecule has 2 aliphatic heterocycles. The molecule has 2 fully saturated rings. The van der Waals surface area contributed by atoms with Crippen LogP contribution in [0.25, 0.3) is 0 Å². The van der Waals surface area contributed by atoms with E-state index in [2.05, 4.69) is 5.32 Å². The summed E-state index contributed by atoms with van der Waals surface area (Å²) < 4.78 is 10.1. The first-order valence-electron chi connectivity index (χ1n) is 8.62. The zero-order valence-electron chi connectivity index (χ0n) is 15.0. The SMILES string of the molecule is C[C@]1(c2ccccc2)NC(=O)N(CC(=O)OCC(=O)N2CCOCC2)C1=O. The fourth-order valence-corrected chi connectivity index (χ4v) is 3.03. The van der Waals surface area contributed by atoms with E-state index in [9.17, 15) is 19.2 Å². The van der Waals surface area contributed by atoms with E-state index in [1.165, 1.54) is 4.90 Å². The topological polar surface area (TPSA) is 105 Å². The van der Waals surface area contributed by atoms with Crippen LogP contribution in [0, 0.1) is 0 Å². The summed E-state index contributed by atoms with van der Waals surface area (Å²) in [6, 6.07) is 8.09. The van der Waals surface area contributed by atoms with E-state index in [0.717, 1.165) is 4.90 Å². The number of ether oxygens (including phenoxy) is 2. The van der Waals surface area contributed by atoms with Crippen molar-refractivity contribution in [2.24, 2.45) is 0 Å². The quantitative estimate of drug-likeness (QED) is 0.567. The average molecular weight is 375 g/mol. The number of urea groups is 1. The molecule has 3 rings (SSSR count). The fraction of sp³-hybridized carbons (Fsp3) is 0.444. The van der Waals surface area contributed by atoms with E-state index in [1.54, 1.807) is 37.3 Å². The summed E-state index contributed by atoms with van der Waals surface area (Å²) >= 11 is 0. The molecule has 0 unspecified atom stereocenters. The molecule has 27 heavy (non-hydrogen) atoms. The van der Waals surface area contributed by atoms with Gasteiger partial charge in [-0.2, -0.15) is 0 Å². The Kier molecular flexibility index (Phi) is 5.41. The molecule has 0 bridgehead atoms. The molecule has 1 aromatic rings. The molecule has 0 saturated carbocycles. The third-order valence-corrected chi connectivity index (χ3v) is 4.63. The van der Waals surface area contributed by atoms with Crippen molar-refractivity contribution in [1.82, 2.24) is 15.1 Å². The molecular weight excluding hydrogens is 354 g/mol. The zero-order valence-corrected chi connectivity index (χ0v) is 15.0. The highest BCUT2D eigenvalue weighted by Gasteiger charge is 2.49. The smallest absolute Gasteiger partial charge is 0.326 e. The van der Waals surface area contributed by atoms with Crippen molar-refractivity contribution in [3.05, 3.63) is 35.9 Å². The zero-order chi connectivity index (χ0) is 19.4. The molecule has 144 valence electrons. The third-order valence-electron chi connectivity index (χ3n) is 4.63. The standard InChI is InChI=1S/C18H21N3O6/c1-18(13-5-3-2-4-6-13)16(24)21(17(25)19-18)11-15(23)27-12-14(22)20-7-9-26-10-8-20/h2-6H,7-12H2,1H3,(H,19,25)/t18-/m1/s1. The van der Waals surface area contributed by atoms with Gasteiger partial charge in [-0.25, -0.2) is 4.79 Å². The molecular formula is C18H21N3O6. The summed E-state index contributed by atoms with van der Waals surface area (Å²) in [5, 5.41) is 2.61. The number of nitrogens with zero attached hydrogens (tertiary/aromatic N) is 2. The number of morpholine rings is 1. The van der Waals surface area contributed by atoms with Crippen LogP contribution < -0.4 is 5.32 Å². The largest absolute Gasteiger partial charge is 0.454 e. The van der Waals surface area contributed by atoms with Gasteiger partial charge in [-0.3, -0.25) is 19.3 Å². The van der Waals surface area contributed by atoms with E-state index in [4.69, 9.17) is 9.47 Å². The van der Waals surface area contributed by atoms with Crippen LogP contribution in [0.2, 0.25) is 0 Å². The first-order chi connectivity index (χ1) is 12.9. The molecule has 9 heteroatoms. The Morgan fingerprint density at radius 1 is 1.19 bits per heavy atom. The minimum atomic E-state index is -1.25. The van der Waals surface area contributed by atoms with Gasteiger partial charge in [0.25, 0.3) is 11.8 Å². The van der Waals surface area contributed by atoms with Gasteiger partial charge in [-0.05, 0) is 12.5 Å². The van der Waals surface area contributed by atoms with E-state index in [0.29, 0.717) is 31.9 Å². The monoisotopic (exact) mass is 375 g/mol. The van der Waals surface area contributed by atoms with E-state index >= 15 is 0 Å². The number of hydrogen-bond donors (Lipinski definition) is 1. The second-order valence-electron chi connectivity index (χ2n) is 6.47. The van der Waals surface area contributed by atoms with Crippen LogP contribution in [0.1, 0.15) is 12.5 Å². The van der Waals surface area contributed by atoms with Crippen LogP contribution in [-0.4, -0.2) is 73.1 Å². The highest BCUT2D eigenvalue weighted by molar-refractivity contribution is 6.08. The molecule has 2 aliphatic rings. The second kappa shape index (κ2) is 7.75. The van der Waals surface area contributed by atoms with Crippen molar-refractivity contribution >= 4 is 23.8 Å². The maximum atomic E-state index is 12.7. The van der Waals surface area contributed by atoms with Gasteiger partial charge in [0.1, 0.15) is 12.1 Å². The average Bonchev–Trinajstić information content (AvgIpc) is 2.91. The summed E-state index contributed by atoms with van der Waals surface area (Å²) in [6.45, 7) is 2.37. The van der Waals surface area contributed by atoms with Crippen LogP contribution in [0.5, 0.6) is 0 Å². The van der Waals surface area contributed by atoms with Crippen molar-refractivity contribution in [3.63, 3.8) is 0 Å². The van der Waals surface area contributed by atoms with E-state index < -0.39 is 36.6 Å². The molecule has 1 N–H and O–H groups in total. The molecule has 9 nitrogen and oxygen atoms in total. The van der Waals surface area contributed by atoms with Crippen LogP contribution in [-0.2, 0) is 29.4 Å². The number of carbonyl (C=O) groups excluding carboxylic acids is 4. The summed E-state index contributed by atoms with van der Waals surface area (Å²) in [4.78, 5) is 51.3. The van der Waals surface area contributed by atoms with Crippen LogP contribution in [0.15, 0.2) is 30.3 Å². The minimum Gasteiger partial charge on any atom is -0.454 e. The summed E-state index contributed by atoms with van der Waals surface area (Å²) in [5.41, 5.74) is -0.635. The first kappa shape index (κ1) is 18.8. The lowest BCUT2D eigenvalue weighted by molar-refractivity contribution is -0.155. The van der Waals surface area contributed by atoms with Gasteiger partial charge < -0.3 is 19.7 Å². The number of hydrogen-bond acceptors (Lipinski definition) is 6. The number of rotatable bonds is 5. The number of benzene rings is 1. The lowest BCUT2D eigenvalue weighted by Gasteiger charge is -2.26. The molecule has 0 radical (unpaired) electrons. The van der Waals surface area contributed by atoms with Crippen LogP contribution >= 0.6 is 0 Å². The molecule has 2 saturated heterocycles. The number of imide groups is 1. The number of nitrogens with one attached hydrogen (secondary N) is 1. The second-order valence-corrected chi connectivity index (χ2v) is 6.47. The molecule has 4 amide bonds. The van der Waals surface area contributed by atoms with Gasteiger partial charge in [0, 0.05) is 13.1 Å². The van der Waals surface area contributed by atoms with Crippen molar-refractivity contribution < 1.29 is 28.7 Å². The number of carbonyl (C=O) groups is 4. The van der Waals surface area contributed by atoms with Crippen molar-refractivity contribution in [2.45, 2.75) is 12.5 Å². The Labute approximate surface area is 156 Å². The molecule has 0 aromatic heterocycles. The van der Waals surface area contributed by atoms with Crippen molar-refractivity contribution in [2.75, 3.05) is 39.5 Å². The maximum Gasteiger partial charge on any atom is 0.326 e. The van der Waals surface area contributed by atoms with Gasteiger partial charge in [0.05, 0.1) is 13.2 Å². The Balaban J connectivity index is 1.57. The number of amides is 4. The summed E-state index contributed by atoms with van der Waals surface area (Å²) in [7, 11) is 0. The normalized spacial score (nSPS) is 22.6. The van der Waals surface area contributed by atoms with Crippen LogP contribution in [0.4, 0.5) is 4.79 Å². The first-order valence-corrected chi connectivity index (χ1v) is 8.62. The van der Waals surface area contributed by atoms with Crippen LogP contribution in [0.3, 0.4) is 0 Å². The maximum absolute atomic E-state index is 12.7. The summed E-state index contributed by atoms with van der Waals surface area (Å²) in [6.07, 6.45) is 0. The fourth-order valence-electron chi connectivity index (χ4n) is 3.03. The number of esters is 1. The molecule has 2 heterocycles. The Morgan fingerprint density at radius 3 is 2.52 bits per heavy atom. The third kappa shape index (κ3) is 3.92. The van der Waals surface area contributed by atoms with Gasteiger partial charge in [-0.1, -0.05) is 30.3 Å². The predicted molar refractivity (Wildman–Crippen MR) is 92.4 cm³/mol. The molecule has 0 spiro atoms. The van der Waals surface area contributed by atoms with Gasteiger partial charge in [-0.15, -0.1) is 0 Å².